The Kier molecular flexibility index (Phi) is 7.20. The van der Waals surface area contributed by atoms with Gasteiger partial charge in [0.1, 0.15) is 5.82 Å². The first-order chi connectivity index (χ1) is 14.4. The number of rotatable bonds is 7. The van der Waals surface area contributed by atoms with Crippen molar-refractivity contribution < 1.29 is 22.4 Å². The highest BCUT2D eigenvalue weighted by molar-refractivity contribution is 7.91. The van der Waals surface area contributed by atoms with Crippen molar-refractivity contribution in [3.8, 4) is 0 Å². The Morgan fingerprint density at radius 2 is 1.63 bits per heavy atom. The number of nitrogens with zero attached hydrogens (tertiary/aromatic N) is 1. The molecule has 0 aromatic heterocycles. The van der Waals surface area contributed by atoms with E-state index >= 15 is 0 Å². The summed E-state index contributed by atoms with van der Waals surface area (Å²) in [6, 6.07) is 13.7. The molecular formula is C22H25FN2O4S. The third kappa shape index (κ3) is 5.66. The third-order valence-corrected chi connectivity index (χ3v) is 7.05. The molecule has 0 aliphatic carbocycles. The Morgan fingerprint density at radius 1 is 1.00 bits per heavy atom. The molecule has 2 aromatic carbocycles. The average Bonchev–Trinajstić information content (AvgIpc) is 2.77. The van der Waals surface area contributed by atoms with Crippen molar-refractivity contribution in [1.82, 2.24) is 10.2 Å². The lowest BCUT2D eigenvalue weighted by Crippen LogP contribution is -2.43. The molecule has 0 radical (unpaired) electrons. The summed E-state index contributed by atoms with van der Waals surface area (Å²) in [4.78, 5) is 26.8. The lowest BCUT2D eigenvalue weighted by atomic mass is 9.95. The van der Waals surface area contributed by atoms with Crippen LogP contribution in [0.4, 0.5) is 4.39 Å². The van der Waals surface area contributed by atoms with Crippen LogP contribution < -0.4 is 5.32 Å². The van der Waals surface area contributed by atoms with E-state index in [4.69, 9.17) is 0 Å². The van der Waals surface area contributed by atoms with Gasteiger partial charge in [0.25, 0.3) is 5.91 Å². The molecule has 6 nitrogen and oxygen atoms in total. The van der Waals surface area contributed by atoms with Gasteiger partial charge in [-0.2, -0.15) is 0 Å². The Bertz CT molecular complexity index is 970. The molecule has 1 aliphatic rings. The van der Waals surface area contributed by atoms with Crippen molar-refractivity contribution in [1.29, 1.82) is 0 Å². The van der Waals surface area contributed by atoms with Gasteiger partial charge in [0.05, 0.1) is 10.6 Å². The zero-order chi connectivity index (χ0) is 21.6. The van der Waals surface area contributed by atoms with Crippen LogP contribution >= 0.6 is 0 Å². The van der Waals surface area contributed by atoms with Gasteiger partial charge in [0.15, 0.2) is 9.84 Å². The number of hydrogen-bond donors (Lipinski definition) is 1. The second kappa shape index (κ2) is 9.84. The highest BCUT2D eigenvalue weighted by atomic mass is 32.2. The molecule has 1 fully saturated rings. The first-order valence-electron chi connectivity index (χ1n) is 9.97. The zero-order valence-corrected chi connectivity index (χ0v) is 17.4. The molecule has 1 heterocycles. The summed E-state index contributed by atoms with van der Waals surface area (Å²) < 4.78 is 37.5. The standard InChI is InChI=1S/C22H25FN2O4S/c23-19-9-7-18(8-10-19)22(27)25-14-11-17(12-15-25)21(26)24-13-4-16-30(28,29)20-5-2-1-3-6-20/h1-3,5-10,17H,4,11-16H2,(H,24,26). The highest BCUT2D eigenvalue weighted by Gasteiger charge is 2.27. The maximum atomic E-state index is 13.0. The van der Waals surface area contributed by atoms with E-state index in [2.05, 4.69) is 5.32 Å². The Morgan fingerprint density at radius 3 is 2.27 bits per heavy atom. The van der Waals surface area contributed by atoms with Gasteiger partial charge in [0.2, 0.25) is 5.91 Å². The molecule has 3 rings (SSSR count). The largest absolute Gasteiger partial charge is 0.356 e. The first-order valence-corrected chi connectivity index (χ1v) is 11.6. The van der Waals surface area contributed by atoms with Crippen LogP contribution in [0.25, 0.3) is 0 Å². The average molecular weight is 433 g/mol. The van der Waals surface area contributed by atoms with Crippen molar-refractivity contribution in [3.05, 3.63) is 66.0 Å². The lowest BCUT2D eigenvalue weighted by molar-refractivity contribution is -0.126. The number of amides is 2. The van der Waals surface area contributed by atoms with Gasteiger partial charge in [0, 0.05) is 31.1 Å². The van der Waals surface area contributed by atoms with Crippen LogP contribution in [0.5, 0.6) is 0 Å². The minimum Gasteiger partial charge on any atom is -0.356 e. The van der Waals surface area contributed by atoms with E-state index in [0.717, 1.165) is 0 Å². The molecule has 2 amide bonds. The van der Waals surface area contributed by atoms with E-state index in [1.165, 1.54) is 24.3 Å². The summed E-state index contributed by atoms with van der Waals surface area (Å²) in [5.74, 6) is -0.894. The second-order valence-corrected chi connectivity index (χ2v) is 9.46. The van der Waals surface area contributed by atoms with Gasteiger partial charge < -0.3 is 10.2 Å². The molecular weight excluding hydrogens is 407 g/mol. The number of carbonyl (C=O) groups excluding carboxylic acids is 2. The molecule has 30 heavy (non-hydrogen) atoms. The summed E-state index contributed by atoms with van der Waals surface area (Å²) in [7, 11) is -3.35. The van der Waals surface area contributed by atoms with Gasteiger partial charge >= 0.3 is 0 Å². The second-order valence-electron chi connectivity index (χ2n) is 7.35. The predicted molar refractivity (Wildman–Crippen MR) is 111 cm³/mol. The molecule has 8 heteroatoms. The maximum Gasteiger partial charge on any atom is 0.253 e. The minimum atomic E-state index is -3.35. The number of likely N-dealkylation sites (tertiary alicyclic amines) is 1. The lowest BCUT2D eigenvalue weighted by Gasteiger charge is -2.31. The summed E-state index contributed by atoms with van der Waals surface area (Å²) in [6.45, 7) is 1.20. The molecule has 1 aliphatic heterocycles. The quantitative estimate of drug-likeness (QED) is 0.682. The van der Waals surface area contributed by atoms with Gasteiger partial charge in [-0.15, -0.1) is 0 Å². The van der Waals surface area contributed by atoms with Crippen molar-refractivity contribution in [3.63, 3.8) is 0 Å². The molecule has 0 bridgehead atoms. The van der Waals surface area contributed by atoms with Crippen LogP contribution in [-0.4, -0.2) is 50.5 Å². The van der Waals surface area contributed by atoms with Gasteiger partial charge in [-0.25, -0.2) is 12.8 Å². The number of nitrogens with one attached hydrogen (secondary N) is 1. The van der Waals surface area contributed by atoms with E-state index in [1.807, 2.05) is 0 Å². The molecule has 0 spiro atoms. The van der Waals surface area contributed by atoms with Crippen LogP contribution in [0.2, 0.25) is 0 Å². The van der Waals surface area contributed by atoms with Gasteiger partial charge in [-0.1, -0.05) is 18.2 Å². The third-order valence-electron chi connectivity index (χ3n) is 5.24. The van der Waals surface area contributed by atoms with E-state index in [9.17, 15) is 22.4 Å². The van der Waals surface area contributed by atoms with Crippen molar-refractivity contribution in [2.75, 3.05) is 25.4 Å². The molecule has 1 N–H and O–H groups in total. The van der Waals surface area contributed by atoms with Crippen LogP contribution in [0.1, 0.15) is 29.6 Å². The van der Waals surface area contributed by atoms with Crippen LogP contribution in [0, 0.1) is 11.7 Å². The fourth-order valence-corrected chi connectivity index (χ4v) is 4.82. The fraction of sp³-hybridized carbons (Fsp3) is 0.364. The van der Waals surface area contributed by atoms with E-state index in [0.29, 0.717) is 44.5 Å². The Hall–Kier alpha value is -2.74. The highest BCUT2D eigenvalue weighted by Crippen LogP contribution is 2.19. The van der Waals surface area contributed by atoms with E-state index in [-0.39, 0.29) is 28.4 Å². The number of carbonyl (C=O) groups is 2. The molecule has 160 valence electrons. The first kappa shape index (κ1) is 22.0. The van der Waals surface area contributed by atoms with Gasteiger partial charge in [-0.3, -0.25) is 9.59 Å². The number of hydrogen-bond acceptors (Lipinski definition) is 4. The monoisotopic (exact) mass is 432 g/mol. The Labute approximate surface area is 176 Å². The molecule has 2 aromatic rings. The Balaban J connectivity index is 1.40. The number of sulfone groups is 1. The van der Waals surface area contributed by atoms with Gasteiger partial charge in [-0.05, 0) is 55.7 Å². The SMILES string of the molecule is O=C(NCCCS(=O)(=O)c1ccccc1)C1CCN(C(=O)c2ccc(F)cc2)CC1. The van der Waals surface area contributed by atoms with Crippen molar-refractivity contribution >= 4 is 21.7 Å². The summed E-state index contributed by atoms with van der Waals surface area (Å²) in [5.41, 5.74) is 0.430. The zero-order valence-electron chi connectivity index (χ0n) is 16.6. The van der Waals surface area contributed by atoms with E-state index < -0.39 is 15.7 Å². The molecule has 0 atom stereocenters. The topological polar surface area (TPSA) is 83.6 Å². The molecule has 0 unspecified atom stereocenters. The minimum absolute atomic E-state index is 0.0259. The molecule has 1 saturated heterocycles. The number of halogens is 1. The van der Waals surface area contributed by atoms with Crippen molar-refractivity contribution in [2.45, 2.75) is 24.2 Å². The molecule has 0 saturated carbocycles. The van der Waals surface area contributed by atoms with Crippen LogP contribution in [0.3, 0.4) is 0 Å². The summed E-state index contributed by atoms with van der Waals surface area (Å²) in [6.07, 6.45) is 1.42. The smallest absolute Gasteiger partial charge is 0.253 e. The number of benzene rings is 2. The normalized spacial score (nSPS) is 15.0. The fourth-order valence-electron chi connectivity index (χ4n) is 3.48. The summed E-state index contributed by atoms with van der Waals surface area (Å²) in [5, 5.41) is 2.81. The maximum absolute atomic E-state index is 13.0. The summed E-state index contributed by atoms with van der Waals surface area (Å²) >= 11 is 0. The van der Waals surface area contributed by atoms with Crippen LogP contribution in [0.15, 0.2) is 59.5 Å². The van der Waals surface area contributed by atoms with Crippen LogP contribution in [-0.2, 0) is 14.6 Å². The predicted octanol–water partition coefficient (Wildman–Crippen LogP) is 2.66. The van der Waals surface area contributed by atoms with Crippen molar-refractivity contribution in [2.24, 2.45) is 5.92 Å². The number of piperidine rings is 1. The van der Waals surface area contributed by atoms with E-state index in [1.54, 1.807) is 35.2 Å².